The molecule has 2 heterocycles. The second kappa shape index (κ2) is 9.94. The van der Waals surface area contributed by atoms with E-state index in [-0.39, 0.29) is 11.7 Å². The summed E-state index contributed by atoms with van der Waals surface area (Å²) in [6.07, 6.45) is 5.41. The third-order valence-electron chi connectivity index (χ3n) is 5.46. The number of hydrogen-bond donors (Lipinski definition) is 0. The number of carbonyl (C=O) groups is 1. The summed E-state index contributed by atoms with van der Waals surface area (Å²) in [5, 5.41) is 0. The molecule has 3 nitrogen and oxygen atoms in total. The maximum Gasteiger partial charge on any atom is 0.137 e. The summed E-state index contributed by atoms with van der Waals surface area (Å²) in [7, 11) is 0. The lowest BCUT2D eigenvalue weighted by Gasteiger charge is -2.11. The molecule has 2 aromatic carbocycles. The molecule has 4 aromatic rings. The van der Waals surface area contributed by atoms with Gasteiger partial charge in [-0.05, 0) is 40.5 Å². The van der Waals surface area contributed by atoms with Gasteiger partial charge in [0, 0.05) is 49.0 Å². The van der Waals surface area contributed by atoms with Gasteiger partial charge in [-0.3, -0.25) is 14.8 Å². The normalized spacial score (nSPS) is 11.8. The van der Waals surface area contributed by atoms with Gasteiger partial charge in [-0.1, -0.05) is 73.7 Å². The maximum atomic E-state index is 12.6. The lowest BCUT2D eigenvalue weighted by molar-refractivity contribution is -0.118. The molecule has 0 saturated heterocycles. The van der Waals surface area contributed by atoms with Gasteiger partial charge < -0.3 is 0 Å². The minimum absolute atomic E-state index is 0.0972. The predicted molar refractivity (Wildman–Crippen MR) is 125 cm³/mol. The van der Waals surface area contributed by atoms with Gasteiger partial charge in [0.2, 0.25) is 0 Å². The van der Waals surface area contributed by atoms with Crippen molar-refractivity contribution in [2.24, 2.45) is 0 Å². The zero-order valence-corrected chi connectivity index (χ0v) is 17.7. The molecule has 1 atom stereocenters. The number of rotatable bonds is 8. The topological polar surface area (TPSA) is 42.9 Å². The van der Waals surface area contributed by atoms with Crippen LogP contribution in [-0.2, 0) is 17.6 Å². The number of pyridine rings is 2. The minimum atomic E-state index is 0.0972. The van der Waals surface area contributed by atoms with Crippen LogP contribution in [0.2, 0.25) is 0 Å². The molecule has 0 aliphatic rings. The lowest BCUT2D eigenvalue weighted by atomic mass is 9.95. The Bertz CT molecular complexity index is 1110. The van der Waals surface area contributed by atoms with Gasteiger partial charge in [-0.2, -0.15) is 0 Å². The summed E-state index contributed by atoms with van der Waals surface area (Å²) in [6.45, 7) is 2.07. The van der Waals surface area contributed by atoms with Gasteiger partial charge >= 0.3 is 0 Å². The molecule has 0 bridgehead atoms. The SMILES string of the molecule is C[C@@H](CC(=O)Cc1ccc(-c2ccccc2)cc1)c1ccc(Cc2ccccn2)cn1. The lowest BCUT2D eigenvalue weighted by Crippen LogP contribution is -2.09. The highest BCUT2D eigenvalue weighted by Gasteiger charge is 2.13. The van der Waals surface area contributed by atoms with Gasteiger partial charge in [0.15, 0.2) is 0 Å². The van der Waals surface area contributed by atoms with Crippen LogP contribution in [-0.4, -0.2) is 15.8 Å². The van der Waals surface area contributed by atoms with Gasteiger partial charge in [0.25, 0.3) is 0 Å². The minimum Gasteiger partial charge on any atom is -0.299 e. The van der Waals surface area contributed by atoms with Crippen LogP contribution in [0.1, 0.15) is 41.8 Å². The van der Waals surface area contributed by atoms with E-state index >= 15 is 0 Å². The molecule has 3 heteroatoms. The number of nitrogens with zero attached hydrogens (tertiary/aromatic N) is 2. The van der Waals surface area contributed by atoms with Crippen LogP contribution < -0.4 is 0 Å². The first kappa shape index (κ1) is 20.7. The van der Waals surface area contributed by atoms with Crippen molar-refractivity contribution in [2.75, 3.05) is 0 Å². The van der Waals surface area contributed by atoms with E-state index in [2.05, 4.69) is 59.4 Å². The van der Waals surface area contributed by atoms with E-state index in [0.717, 1.165) is 28.9 Å². The van der Waals surface area contributed by atoms with E-state index < -0.39 is 0 Å². The molecule has 0 fully saturated rings. The van der Waals surface area contributed by atoms with E-state index in [1.54, 1.807) is 6.20 Å². The first-order chi connectivity index (χ1) is 15.2. The van der Waals surface area contributed by atoms with Crippen molar-refractivity contribution in [3.63, 3.8) is 0 Å². The number of benzene rings is 2. The first-order valence-corrected chi connectivity index (χ1v) is 10.7. The van der Waals surface area contributed by atoms with Crippen LogP contribution in [0.3, 0.4) is 0 Å². The number of carbonyl (C=O) groups excluding carboxylic acids is 1. The quantitative estimate of drug-likeness (QED) is 0.358. The highest BCUT2D eigenvalue weighted by molar-refractivity contribution is 5.81. The van der Waals surface area contributed by atoms with Gasteiger partial charge in [0.05, 0.1) is 0 Å². The average molecular weight is 407 g/mol. The second-order valence-electron chi connectivity index (χ2n) is 7.97. The van der Waals surface area contributed by atoms with Crippen LogP contribution in [0, 0.1) is 0 Å². The molecule has 0 N–H and O–H groups in total. The fourth-order valence-corrected chi connectivity index (χ4v) is 3.74. The van der Waals surface area contributed by atoms with Gasteiger partial charge in [0.1, 0.15) is 5.78 Å². The Labute approximate surface area is 183 Å². The van der Waals surface area contributed by atoms with Crippen LogP contribution >= 0.6 is 0 Å². The largest absolute Gasteiger partial charge is 0.299 e. The van der Waals surface area contributed by atoms with Gasteiger partial charge in [-0.15, -0.1) is 0 Å². The van der Waals surface area contributed by atoms with Crippen molar-refractivity contribution >= 4 is 5.78 Å². The molecule has 0 radical (unpaired) electrons. The fourth-order valence-electron chi connectivity index (χ4n) is 3.74. The van der Waals surface area contributed by atoms with Crippen molar-refractivity contribution in [1.82, 2.24) is 9.97 Å². The summed E-state index contributed by atoms with van der Waals surface area (Å²) in [5.41, 5.74) is 6.51. The van der Waals surface area contributed by atoms with Crippen LogP contribution in [0.5, 0.6) is 0 Å². The van der Waals surface area contributed by atoms with Crippen molar-refractivity contribution in [3.8, 4) is 11.1 Å². The van der Waals surface area contributed by atoms with Crippen molar-refractivity contribution in [3.05, 3.63) is 120 Å². The number of hydrogen-bond acceptors (Lipinski definition) is 3. The summed E-state index contributed by atoms with van der Waals surface area (Å²) in [6, 6.07) is 28.6. The molecule has 2 aromatic heterocycles. The Morgan fingerprint density at radius 3 is 2.16 bits per heavy atom. The summed E-state index contributed by atoms with van der Waals surface area (Å²) >= 11 is 0. The predicted octanol–water partition coefficient (Wildman–Crippen LogP) is 6.04. The molecule has 0 unspecified atom stereocenters. The van der Waals surface area contributed by atoms with Crippen molar-refractivity contribution in [1.29, 1.82) is 0 Å². The van der Waals surface area contributed by atoms with Crippen LogP contribution in [0.15, 0.2) is 97.3 Å². The fraction of sp³-hybridized carbons (Fsp3) is 0.179. The molecule has 154 valence electrons. The number of Topliss-reactive ketones (excluding diaryl/α,β-unsaturated/α-hetero) is 1. The number of ketones is 1. The van der Waals surface area contributed by atoms with E-state index in [4.69, 9.17) is 0 Å². The van der Waals surface area contributed by atoms with Gasteiger partial charge in [-0.25, -0.2) is 0 Å². The summed E-state index contributed by atoms with van der Waals surface area (Å²) in [4.78, 5) is 21.6. The number of aromatic nitrogens is 2. The molecular weight excluding hydrogens is 380 g/mol. The molecule has 0 saturated carbocycles. The van der Waals surface area contributed by atoms with E-state index in [9.17, 15) is 4.79 Å². The molecule has 0 amide bonds. The zero-order chi connectivity index (χ0) is 21.5. The molecule has 4 rings (SSSR count). The third-order valence-corrected chi connectivity index (χ3v) is 5.46. The third kappa shape index (κ3) is 5.73. The Morgan fingerprint density at radius 2 is 1.48 bits per heavy atom. The highest BCUT2D eigenvalue weighted by atomic mass is 16.1. The van der Waals surface area contributed by atoms with E-state index in [1.165, 1.54) is 11.1 Å². The Morgan fingerprint density at radius 1 is 0.774 bits per heavy atom. The Balaban J connectivity index is 1.32. The van der Waals surface area contributed by atoms with E-state index in [1.807, 2.05) is 48.7 Å². The van der Waals surface area contributed by atoms with Crippen LogP contribution in [0.4, 0.5) is 0 Å². The molecule has 0 aliphatic carbocycles. The highest BCUT2D eigenvalue weighted by Crippen LogP contribution is 2.22. The molecule has 31 heavy (non-hydrogen) atoms. The summed E-state index contributed by atoms with van der Waals surface area (Å²) in [5.74, 6) is 0.333. The monoisotopic (exact) mass is 406 g/mol. The molecule has 0 aliphatic heterocycles. The average Bonchev–Trinajstić information content (AvgIpc) is 2.81. The standard InChI is InChI=1S/C28H26N2O/c1-21(28-15-12-23(20-30-28)18-26-9-5-6-16-29-26)17-27(31)19-22-10-13-25(14-11-22)24-7-3-2-4-8-24/h2-16,20-21H,17-19H2,1H3/t21-/m0/s1. The van der Waals surface area contributed by atoms with Crippen molar-refractivity contribution < 1.29 is 4.79 Å². The van der Waals surface area contributed by atoms with Crippen molar-refractivity contribution in [2.45, 2.75) is 32.1 Å². The zero-order valence-electron chi connectivity index (χ0n) is 17.7. The summed E-state index contributed by atoms with van der Waals surface area (Å²) < 4.78 is 0. The maximum absolute atomic E-state index is 12.6. The first-order valence-electron chi connectivity index (χ1n) is 10.7. The Kier molecular flexibility index (Phi) is 6.63. The molecular formula is C28H26N2O. The Hall–Kier alpha value is -3.59. The smallest absolute Gasteiger partial charge is 0.137 e. The van der Waals surface area contributed by atoms with Crippen LogP contribution in [0.25, 0.3) is 11.1 Å². The van der Waals surface area contributed by atoms with E-state index in [0.29, 0.717) is 12.8 Å². The molecule has 0 spiro atoms. The second-order valence-corrected chi connectivity index (χ2v) is 7.97.